The Kier molecular flexibility index (Phi) is 8.20. The van der Waals surface area contributed by atoms with Crippen molar-refractivity contribution < 1.29 is 24.2 Å². The summed E-state index contributed by atoms with van der Waals surface area (Å²) in [7, 11) is 1.52. The van der Waals surface area contributed by atoms with Gasteiger partial charge in [-0.1, -0.05) is 57.2 Å². The molecule has 3 rings (SSSR count). The number of imide groups is 1. The maximum absolute atomic E-state index is 13.8. The van der Waals surface area contributed by atoms with Gasteiger partial charge in [-0.3, -0.25) is 4.79 Å². The summed E-state index contributed by atoms with van der Waals surface area (Å²) in [6.45, 7) is 8.09. The number of aliphatic hydroxyl groups excluding tert-OH is 1. The number of nitrogens with zero attached hydrogens (tertiary/aromatic N) is 2. The number of β-lactam (4-membered cyclic amide) rings is 1. The minimum Gasteiger partial charge on any atom is -0.496 e. The second-order valence-corrected chi connectivity index (χ2v) is 8.67. The summed E-state index contributed by atoms with van der Waals surface area (Å²) >= 11 is 0. The van der Waals surface area contributed by atoms with Crippen LogP contribution in [0, 0.1) is 5.41 Å². The molecule has 0 aliphatic carbocycles. The van der Waals surface area contributed by atoms with E-state index < -0.39 is 11.6 Å². The van der Waals surface area contributed by atoms with E-state index in [4.69, 9.17) is 9.47 Å². The molecule has 3 amide bonds. The van der Waals surface area contributed by atoms with Crippen molar-refractivity contribution in [3.63, 3.8) is 0 Å². The van der Waals surface area contributed by atoms with Gasteiger partial charge in [0, 0.05) is 6.54 Å². The number of aliphatic hydroxyl groups is 1. The minimum absolute atomic E-state index is 0.204. The predicted octanol–water partition coefficient (Wildman–Crippen LogP) is 5.13. The molecular formula is C27H36N2O5. The van der Waals surface area contributed by atoms with Gasteiger partial charge in [0.15, 0.2) is 6.23 Å². The normalized spacial score (nSPS) is 17.6. The minimum atomic E-state index is -0.806. The fraction of sp³-hybridized carbons (Fsp3) is 0.481. The Labute approximate surface area is 202 Å². The number of hydrogen-bond donors (Lipinski definition) is 1. The van der Waals surface area contributed by atoms with Crippen LogP contribution in [0.5, 0.6) is 11.5 Å². The Hall–Kier alpha value is -3.06. The summed E-state index contributed by atoms with van der Waals surface area (Å²) in [6, 6.07) is 14.5. The molecule has 0 spiro atoms. The second kappa shape index (κ2) is 10.9. The van der Waals surface area contributed by atoms with Crippen LogP contribution in [0.25, 0.3) is 0 Å². The summed E-state index contributed by atoms with van der Waals surface area (Å²) in [5.41, 5.74) is 0.683. The van der Waals surface area contributed by atoms with Crippen molar-refractivity contribution in [1.82, 2.24) is 9.80 Å². The fourth-order valence-electron chi connectivity index (χ4n) is 4.76. The Bertz CT molecular complexity index is 990. The molecule has 1 saturated heterocycles. The summed E-state index contributed by atoms with van der Waals surface area (Å²) in [5.74, 6) is 0.677. The quantitative estimate of drug-likeness (QED) is 0.489. The summed E-state index contributed by atoms with van der Waals surface area (Å²) in [5, 5.41) is 9.95. The van der Waals surface area contributed by atoms with Crippen molar-refractivity contribution in [2.24, 2.45) is 5.41 Å². The van der Waals surface area contributed by atoms with Gasteiger partial charge >= 0.3 is 6.03 Å². The Balaban J connectivity index is 1.98. The molecule has 0 saturated carbocycles. The first kappa shape index (κ1) is 25.6. The van der Waals surface area contributed by atoms with E-state index in [1.807, 2.05) is 58.0 Å². The first-order valence-corrected chi connectivity index (χ1v) is 12.0. The number of ether oxygens (including phenoxy) is 2. The van der Waals surface area contributed by atoms with Crippen LogP contribution in [-0.4, -0.2) is 46.7 Å². The van der Waals surface area contributed by atoms with Crippen molar-refractivity contribution in [1.29, 1.82) is 0 Å². The maximum atomic E-state index is 13.8. The molecule has 0 radical (unpaired) electrons. The molecule has 1 aliphatic rings. The van der Waals surface area contributed by atoms with Gasteiger partial charge in [-0.25, -0.2) is 9.69 Å². The lowest BCUT2D eigenvalue weighted by atomic mass is 9.72. The smallest absolute Gasteiger partial charge is 0.330 e. The van der Waals surface area contributed by atoms with E-state index in [-0.39, 0.29) is 24.6 Å². The van der Waals surface area contributed by atoms with Crippen LogP contribution >= 0.6 is 0 Å². The Morgan fingerprint density at radius 1 is 1.09 bits per heavy atom. The number of benzene rings is 2. The van der Waals surface area contributed by atoms with E-state index in [1.54, 1.807) is 23.1 Å². The maximum Gasteiger partial charge on any atom is 0.330 e. The topological polar surface area (TPSA) is 79.3 Å². The highest BCUT2D eigenvalue weighted by molar-refractivity contribution is 6.03. The average molecular weight is 469 g/mol. The molecule has 34 heavy (non-hydrogen) atoms. The van der Waals surface area contributed by atoms with Crippen LogP contribution < -0.4 is 9.47 Å². The Morgan fingerprint density at radius 3 is 2.29 bits per heavy atom. The van der Waals surface area contributed by atoms with Crippen molar-refractivity contribution in [3.05, 3.63) is 59.7 Å². The van der Waals surface area contributed by atoms with Crippen LogP contribution in [0.2, 0.25) is 0 Å². The standard InChI is InChI=1S/C27H36N2O5/c1-6-17-28(19(4)20-13-10-9-11-14-20)26(32)29-24(31)27(7-2,8-3)25(29)34-23-16-12-15-22(33-5)21(23)18-30/h9-16,19,25,30H,6-8,17-18H2,1-5H3/t19-,25+/m1/s1. The van der Waals surface area contributed by atoms with Gasteiger partial charge in [0.2, 0.25) is 5.91 Å². The lowest BCUT2D eigenvalue weighted by Crippen LogP contribution is -2.74. The highest BCUT2D eigenvalue weighted by Crippen LogP contribution is 2.47. The average Bonchev–Trinajstić information content (AvgIpc) is 2.87. The zero-order chi connectivity index (χ0) is 24.9. The molecule has 1 aliphatic heterocycles. The molecule has 0 bridgehead atoms. The molecule has 184 valence electrons. The van der Waals surface area contributed by atoms with Crippen LogP contribution in [0.1, 0.15) is 64.1 Å². The SMILES string of the molecule is CCCN(C(=O)N1C(=O)C(CC)(CC)[C@@H]1Oc1cccc(OC)c1CO)[C@H](C)c1ccccc1. The first-order chi connectivity index (χ1) is 16.4. The second-order valence-electron chi connectivity index (χ2n) is 8.67. The monoisotopic (exact) mass is 468 g/mol. The van der Waals surface area contributed by atoms with Crippen molar-refractivity contribution in [3.8, 4) is 11.5 Å². The molecule has 7 nitrogen and oxygen atoms in total. The fourth-order valence-corrected chi connectivity index (χ4v) is 4.76. The number of urea groups is 1. The van der Waals surface area contributed by atoms with Gasteiger partial charge < -0.3 is 19.5 Å². The highest BCUT2D eigenvalue weighted by Gasteiger charge is 2.63. The third-order valence-corrected chi connectivity index (χ3v) is 6.99. The van der Waals surface area contributed by atoms with E-state index in [2.05, 4.69) is 0 Å². The van der Waals surface area contributed by atoms with Gasteiger partial charge in [0.1, 0.15) is 16.9 Å². The lowest BCUT2D eigenvalue weighted by molar-refractivity contribution is -0.193. The molecule has 0 unspecified atom stereocenters. The molecule has 2 aromatic carbocycles. The van der Waals surface area contributed by atoms with Crippen LogP contribution in [-0.2, 0) is 11.4 Å². The number of amides is 3. The molecule has 2 atom stereocenters. The van der Waals surface area contributed by atoms with Crippen molar-refractivity contribution >= 4 is 11.9 Å². The molecule has 1 heterocycles. The third-order valence-electron chi connectivity index (χ3n) is 6.99. The van der Waals surface area contributed by atoms with E-state index in [0.29, 0.717) is 36.4 Å². The van der Waals surface area contributed by atoms with E-state index in [9.17, 15) is 14.7 Å². The number of likely N-dealkylation sites (tertiary alicyclic amines) is 1. The first-order valence-electron chi connectivity index (χ1n) is 12.0. The van der Waals surface area contributed by atoms with Gasteiger partial charge in [0.25, 0.3) is 0 Å². The molecule has 1 fully saturated rings. The van der Waals surface area contributed by atoms with E-state index >= 15 is 0 Å². The highest BCUT2D eigenvalue weighted by atomic mass is 16.5. The zero-order valence-electron chi connectivity index (χ0n) is 20.8. The third kappa shape index (κ3) is 4.37. The van der Waals surface area contributed by atoms with E-state index in [0.717, 1.165) is 12.0 Å². The lowest BCUT2D eigenvalue weighted by Gasteiger charge is -2.54. The van der Waals surface area contributed by atoms with Crippen molar-refractivity contribution in [2.45, 2.75) is 65.8 Å². The van der Waals surface area contributed by atoms with Crippen LogP contribution in [0.15, 0.2) is 48.5 Å². The number of methoxy groups -OCH3 is 1. The van der Waals surface area contributed by atoms with Gasteiger partial charge in [-0.05, 0) is 43.9 Å². The van der Waals surface area contributed by atoms with Crippen molar-refractivity contribution in [2.75, 3.05) is 13.7 Å². The van der Waals surface area contributed by atoms with Crippen LogP contribution in [0.3, 0.4) is 0 Å². The van der Waals surface area contributed by atoms with Gasteiger partial charge in [0.05, 0.1) is 25.3 Å². The van der Waals surface area contributed by atoms with Gasteiger partial charge in [-0.2, -0.15) is 0 Å². The molecule has 1 N–H and O–H groups in total. The number of carbonyl (C=O) groups is 2. The number of carbonyl (C=O) groups excluding carboxylic acids is 2. The summed E-state index contributed by atoms with van der Waals surface area (Å²) in [4.78, 5) is 30.3. The zero-order valence-corrected chi connectivity index (χ0v) is 20.8. The summed E-state index contributed by atoms with van der Waals surface area (Å²) in [6.07, 6.45) is 1.06. The Morgan fingerprint density at radius 2 is 1.74 bits per heavy atom. The van der Waals surface area contributed by atoms with Gasteiger partial charge in [-0.15, -0.1) is 0 Å². The predicted molar refractivity (Wildman–Crippen MR) is 130 cm³/mol. The summed E-state index contributed by atoms with van der Waals surface area (Å²) < 4.78 is 11.7. The largest absolute Gasteiger partial charge is 0.496 e. The number of rotatable bonds is 10. The molecule has 0 aromatic heterocycles. The molecular weight excluding hydrogens is 432 g/mol. The number of hydrogen-bond acceptors (Lipinski definition) is 5. The molecule has 2 aromatic rings. The van der Waals surface area contributed by atoms with Crippen LogP contribution in [0.4, 0.5) is 4.79 Å². The van der Waals surface area contributed by atoms with E-state index in [1.165, 1.54) is 12.0 Å². The molecule has 7 heteroatoms.